The second kappa shape index (κ2) is 5.38. The predicted molar refractivity (Wildman–Crippen MR) is 73.1 cm³/mol. The molecule has 1 amide bonds. The quantitative estimate of drug-likeness (QED) is 0.876. The Bertz CT molecular complexity index is 610. The molecule has 100 valence electrons. The SMILES string of the molecule is CON(C)C(=O)c1sc(-c2ccccc2C)nc1O. The maximum absolute atomic E-state index is 11.9. The molecular weight excluding hydrogens is 264 g/mol. The Kier molecular flexibility index (Phi) is 3.82. The highest BCUT2D eigenvalue weighted by Crippen LogP contribution is 2.33. The highest BCUT2D eigenvalue weighted by molar-refractivity contribution is 7.17. The Hall–Kier alpha value is -1.92. The van der Waals surface area contributed by atoms with Crippen molar-refractivity contribution in [3.8, 4) is 16.5 Å². The highest BCUT2D eigenvalue weighted by Gasteiger charge is 2.22. The van der Waals surface area contributed by atoms with Crippen LogP contribution < -0.4 is 0 Å². The molecule has 2 aromatic rings. The fourth-order valence-corrected chi connectivity index (χ4v) is 2.62. The number of aryl methyl sites for hydroxylation is 1. The summed E-state index contributed by atoms with van der Waals surface area (Å²) in [6.07, 6.45) is 0. The zero-order chi connectivity index (χ0) is 14.0. The van der Waals surface area contributed by atoms with Crippen molar-refractivity contribution in [2.75, 3.05) is 14.2 Å². The third-order valence-corrected chi connectivity index (χ3v) is 3.80. The average Bonchev–Trinajstić information content (AvgIpc) is 2.79. The molecule has 0 aliphatic carbocycles. The van der Waals surface area contributed by atoms with Gasteiger partial charge in [-0.2, -0.15) is 0 Å². The van der Waals surface area contributed by atoms with Crippen LogP contribution >= 0.6 is 11.3 Å². The van der Waals surface area contributed by atoms with Gasteiger partial charge in [-0.1, -0.05) is 24.3 Å². The van der Waals surface area contributed by atoms with Gasteiger partial charge < -0.3 is 5.11 Å². The van der Waals surface area contributed by atoms with Crippen molar-refractivity contribution in [3.05, 3.63) is 34.7 Å². The average molecular weight is 278 g/mol. The van der Waals surface area contributed by atoms with Gasteiger partial charge in [-0.25, -0.2) is 10.0 Å². The van der Waals surface area contributed by atoms with Crippen LogP contribution in [-0.2, 0) is 4.84 Å². The number of thiazole rings is 1. The van der Waals surface area contributed by atoms with E-state index in [9.17, 15) is 9.90 Å². The smallest absolute Gasteiger partial charge is 0.292 e. The third kappa shape index (κ3) is 2.59. The first-order valence-electron chi connectivity index (χ1n) is 5.62. The van der Waals surface area contributed by atoms with E-state index in [2.05, 4.69) is 4.98 Å². The van der Waals surface area contributed by atoms with Gasteiger partial charge in [0.15, 0.2) is 4.88 Å². The fraction of sp³-hybridized carbons (Fsp3) is 0.231. The van der Waals surface area contributed by atoms with Crippen LogP contribution in [0.5, 0.6) is 5.88 Å². The van der Waals surface area contributed by atoms with Crippen LogP contribution in [0.25, 0.3) is 10.6 Å². The minimum absolute atomic E-state index is 0.169. The van der Waals surface area contributed by atoms with E-state index < -0.39 is 5.91 Å². The number of benzene rings is 1. The molecule has 1 heterocycles. The summed E-state index contributed by atoms with van der Waals surface area (Å²) in [5, 5.41) is 11.5. The number of rotatable bonds is 3. The molecule has 0 aliphatic rings. The molecule has 2 rings (SSSR count). The van der Waals surface area contributed by atoms with Crippen LogP contribution in [0.3, 0.4) is 0 Å². The first kappa shape index (κ1) is 13.5. The van der Waals surface area contributed by atoms with Crippen molar-refractivity contribution in [2.45, 2.75) is 6.92 Å². The maximum atomic E-state index is 11.9. The van der Waals surface area contributed by atoms with E-state index in [1.54, 1.807) is 0 Å². The molecule has 0 aliphatic heterocycles. The van der Waals surface area contributed by atoms with Crippen LogP contribution in [0.15, 0.2) is 24.3 Å². The molecule has 0 spiro atoms. The van der Waals surface area contributed by atoms with Gasteiger partial charge in [-0.3, -0.25) is 9.63 Å². The van der Waals surface area contributed by atoms with Crippen LogP contribution in [0.1, 0.15) is 15.2 Å². The van der Waals surface area contributed by atoms with Crippen LogP contribution in [0, 0.1) is 6.92 Å². The zero-order valence-electron chi connectivity index (χ0n) is 10.9. The van der Waals surface area contributed by atoms with Gasteiger partial charge in [-0.05, 0) is 12.5 Å². The van der Waals surface area contributed by atoms with Crippen molar-refractivity contribution in [1.29, 1.82) is 0 Å². The summed E-state index contributed by atoms with van der Waals surface area (Å²) in [7, 11) is 2.87. The number of hydrogen-bond donors (Lipinski definition) is 1. The van der Waals surface area contributed by atoms with E-state index >= 15 is 0 Å². The van der Waals surface area contributed by atoms with Crippen molar-refractivity contribution in [3.63, 3.8) is 0 Å². The summed E-state index contributed by atoms with van der Waals surface area (Å²) >= 11 is 1.15. The lowest BCUT2D eigenvalue weighted by atomic mass is 10.1. The minimum Gasteiger partial charge on any atom is -0.492 e. The lowest BCUT2D eigenvalue weighted by Gasteiger charge is -2.11. The minimum atomic E-state index is -0.419. The second-order valence-corrected chi connectivity index (χ2v) is 4.97. The second-order valence-electron chi connectivity index (χ2n) is 3.97. The molecule has 19 heavy (non-hydrogen) atoms. The summed E-state index contributed by atoms with van der Waals surface area (Å²) in [5.41, 5.74) is 1.94. The van der Waals surface area contributed by atoms with Crippen molar-refractivity contribution in [2.24, 2.45) is 0 Å². The lowest BCUT2D eigenvalue weighted by Crippen LogP contribution is -2.24. The lowest BCUT2D eigenvalue weighted by molar-refractivity contribution is -0.0755. The van der Waals surface area contributed by atoms with E-state index in [1.165, 1.54) is 14.2 Å². The van der Waals surface area contributed by atoms with Gasteiger partial charge in [0.1, 0.15) is 5.01 Å². The molecule has 1 aromatic heterocycles. The third-order valence-electron chi connectivity index (χ3n) is 2.74. The van der Waals surface area contributed by atoms with E-state index in [-0.39, 0.29) is 10.8 Å². The summed E-state index contributed by atoms with van der Waals surface area (Å²) in [6, 6.07) is 7.68. The summed E-state index contributed by atoms with van der Waals surface area (Å²) in [5.74, 6) is -0.686. The molecule has 0 unspecified atom stereocenters. The van der Waals surface area contributed by atoms with E-state index in [1.807, 2.05) is 31.2 Å². The Morgan fingerprint density at radius 1 is 1.42 bits per heavy atom. The largest absolute Gasteiger partial charge is 0.492 e. The zero-order valence-corrected chi connectivity index (χ0v) is 11.7. The Balaban J connectivity index is 2.42. The predicted octanol–water partition coefficient (Wildman–Crippen LogP) is 2.46. The van der Waals surface area contributed by atoms with Gasteiger partial charge >= 0.3 is 0 Å². The molecule has 0 bridgehead atoms. The van der Waals surface area contributed by atoms with Gasteiger partial charge in [-0.15, -0.1) is 11.3 Å². The monoisotopic (exact) mass is 278 g/mol. The first-order valence-corrected chi connectivity index (χ1v) is 6.44. The Labute approximate surface area is 115 Å². The van der Waals surface area contributed by atoms with Crippen LogP contribution in [0.4, 0.5) is 0 Å². The Morgan fingerprint density at radius 3 is 2.74 bits per heavy atom. The number of hydroxylamine groups is 2. The molecule has 0 fully saturated rings. The molecule has 5 nitrogen and oxygen atoms in total. The van der Waals surface area contributed by atoms with Crippen LogP contribution in [0.2, 0.25) is 0 Å². The van der Waals surface area contributed by atoms with E-state index in [4.69, 9.17) is 4.84 Å². The van der Waals surface area contributed by atoms with Crippen molar-refractivity contribution in [1.82, 2.24) is 10.0 Å². The topological polar surface area (TPSA) is 62.7 Å². The normalized spacial score (nSPS) is 10.5. The maximum Gasteiger partial charge on any atom is 0.292 e. The fourth-order valence-electron chi connectivity index (χ4n) is 1.61. The highest BCUT2D eigenvalue weighted by atomic mass is 32.1. The molecule has 1 N–H and O–H groups in total. The van der Waals surface area contributed by atoms with Gasteiger partial charge in [0.25, 0.3) is 5.91 Å². The number of hydrogen-bond acceptors (Lipinski definition) is 5. The number of aromatic nitrogens is 1. The molecular formula is C13H14N2O3S. The Morgan fingerprint density at radius 2 is 2.11 bits per heavy atom. The molecule has 0 radical (unpaired) electrons. The standard InChI is InChI=1S/C13H14N2O3S/c1-8-6-4-5-7-9(8)12-14-11(16)10(19-12)13(17)15(2)18-3/h4-7,16H,1-3H3. The number of nitrogens with zero attached hydrogens (tertiary/aromatic N) is 2. The van der Waals surface area contributed by atoms with Crippen molar-refractivity contribution < 1.29 is 14.7 Å². The molecule has 1 aromatic carbocycles. The number of amides is 1. The molecule has 0 saturated heterocycles. The first-order chi connectivity index (χ1) is 9.04. The molecule has 0 saturated carbocycles. The summed E-state index contributed by atoms with van der Waals surface area (Å²) in [6.45, 7) is 1.95. The molecule has 0 atom stereocenters. The van der Waals surface area contributed by atoms with Gasteiger partial charge in [0.2, 0.25) is 5.88 Å². The van der Waals surface area contributed by atoms with Gasteiger partial charge in [0, 0.05) is 12.6 Å². The number of carbonyl (C=O) groups excluding carboxylic acids is 1. The number of aromatic hydroxyl groups is 1. The van der Waals surface area contributed by atoms with Crippen LogP contribution in [-0.4, -0.2) is 35.2 Å². The van der Waals surface area contributed by atoms with Gasteiger partial charge in [0.05, 0.1) is 7.11 Å². The van der Waals surface area contributed by atoms with Crippen molar-refractivity contribution >= 4 is 17.2 Å². The van der Waals surface area contributed by atoms with E-state index in [0.29, 0.717) is 5.01 Å². The summed E-state index contributed by atoms with van der Waals surface area (Å²) < 4.78 is 0. The number of carbonyl (C=O) groups is 1. The summed E-state index contributed by atoms with van der Waals surface area (Å²) in [4.78, 5) is 21.0. The van der Waals surface area contributed by atoms with E-state index in [0.717, 1.165) is 27.5 Å². The molecule has 6 heteroatoms.